The number of aromatic nitrogens is 1. The molecule has 0 spiro atoms. The zero-order valence-corrected chi connectivity index (χ0v) is 21.2. The Morgan fingerprint density at radius 1 is 1.24 bits per heavy atom. The van der Waals surface area contributed by atoms with E-state index in [4.69, 9.17) is 9.47 Å². The third-order valence-corrected chi connectivity index (χ3v) is 8.05. The predicted molar refractivity (Wildman–Crippen MR) is 140 cm³/mol. The Labute approximate surface area is 217 Å². The first-order valence-corrected chi connectivity index (χ1v) is 13.0. The smallest absolute Gasteiger partial charge is 0.246 e. The summed E-state index contributed by atoms with van der Waals surface area (Å²) in [5.41, 5.74) is 4.54. The van der Waals surface area contributed by atoms with Crippen LogP contribution in [0.1, 0.15) is 42.1 Å². The lowest BCUT2D eigenvalue weighted by atomic mass is 9.88. The van der Waals surface area contributed by atoms with Gasteiger partial charge in [0.1, 0.15) is 18.0 Å². The van der Waals surface area contributed by atoms with Crippen LogP contribution in [0.15, 0.2) is 37.1 Å². The molecular formula is C28H32N6O3. The number of morpholine rings is 1. The van der Waals surface area contributed by atoms with Gasteiger partial charge < -0.3 is 24.6 Å². The minimum absolute atomic E-state index is 0.00922. The van der Waals surface area contributed by atoms with Gasteiger partial charge in [-0.25, -0.2) is 4.98 Å². The largest absolute Gasteiger partial charge is 0.482 e. The molecule has 0 saturated carbocycles. The molecule has 3 fully saturated rings. The third kappa shape index (κ3) is 4.30. The minimum Gasteiger partial charge on any atom is -0.482 e. The number of carbonyl (C=O) groups excluding carboxylic acids is 1. The second-order valence-corrected chi connectivity index (χ2v) is 10.2. The van der Waals surface area contributed by atoms with Gasteiger partial charge in [-0.05, 0) is 43.2 Å². The Morgan fingerprint density at radius 2 is 2.05 bits per heavy atom. The van der Waals surface area contributed by atoms with Crippen LogP contribution in [-0.2, 0) is 9.53 Å². The molecule has 0 aliphatic carbocycles. The van der Waals surface area contributed by atoms with Crippen LogP contribution in [0.2, 0.25) is 0 Å². The summed E-state index contributed by atoms with van der Waals surface area (Å²) in [6.45, 7) is 12.0. The number of pyridine rings is 1. The Kier molecular flexibility index (Phi) is 6.22. The molecular weight excluding hydrogens is 468 g/mol. The topological polar surface area (TPSA) is 94.0 Å². The van der Waals surface area contributed by atoms with Crippen molar-refractivity contribution >= 4 is 23.1 Å². The van der Waals surface area contributed by atoms with Crippen molar-refractivity contribution in [3.63, 3.8) is 0 Å². The van der Waals surface area contributed by atoms with Crippen LogP contribution in [-0.4, -0.2) is 79.2 Å². The van der Waals surface area contributed by atoms with E-state index < -0.39 is 0 Å². The van der Waals surface area contributed by atoms with Crippen LogP contribution < -0.4 is 15.0 Å². The monoisotopic (exact) mass is 500 g/mol. The molecule has 2 atom stereocenters. The number of benzene rings is 1. The van der Waals surface area contributed by atoms with Gasteiger partial charge in [-0.2, -0.15) is 5.26 Å². The molecule has 4 aliphatic heterocycles. The first-order valence-electron chi connectivity index (χ1n) is 13.0. The van der Waals surface area contributed by atoms with Crippen LogP contribution in [0, 0.1) is 11.3 Å². The summed E-state index contributed by atoms with van der Waals surface area (Å²) < 4.78 is 12.0. The fraction of sp³-hybridized carbons (Fsp3) is 0.464. The summed E-state index contributed by atoms with van der Waals surface area (Å²) >= 11 is 0. The Morgan fingerprint density at radius 3 is 2.81 bits per heavy atom. The van der Waals surface area contributed by atoms with E-state index in [2.05, 4.69) is 38.8 Å². The number of rotatable bonds is 4. The average Bonchev–Trinajstić information content (AvgIpc) is 3.32. The Bertz CT molecular complexity index is 1260. The highest BCUT2D eigenvalue weighted by molar-refractivity contribution is 5.87. The summed E-state index contributed by atoms with van der Waals surface area (Å²) in [6, 6.07) is 8.87. The van der Waals surface area contributed by atoms with E-state index in [1.807, 2.05) is 30.2 Å². The molecule has 9 nitrogen and oxygen atoms in total. The first kappa shape index (κ1) is 23.8. The molecule has 3 saturated heterocycles. The van der Waals surface area contributed by atoms with Gasteiger partial charge in [0.25, 0.3) is 0 Å². The molecule has 1 aromatic carbocycles. The van der Waals surface area contributed by atoms with Gasteiger partial charge in [0, 0.05) is 63.1 Å². The summed E-state index contributed by atoms with van der Waals surface area (Å²) in [5, 5.41) is 13.5. The Hall–Kier alpha value is -3.61. The predicted octanol–water partition coefficient (Wildman–Crippen LogP) is 3.17. The van der Waals surface area contributed by atoms with Gasteiger partial charge in [0.05, 0.1) is 30.0 Å². The van der Waals surface area contributed by atoms with Crippen molar-refractivity contribution in [3.8, 4) is 11.8 Å². The fourth-order valence-electron chi connectivity index (χ4n) is 5.99. The van der Waals surface area contributed by atoms with Crippen LogP contribution in [0.25, 0.3) is 0 Å². The number of hydrogen-bond acceptors (Lipinski definition) is 8. The summed E-state index contributed by atoms with van der Waals surface area (Å²) in [4.78, 5) is 23.2. The van der Waals surface area contributed by atoms with Crippen molar-refractivity contribution in [2.75, 3.05) is 62.7 Å². The highest BCUT2D eigenvalue weighted by Gasteiger charge is 2.38. The van der Waals surface area contributed by atoms with Gasteiger partial charge in [-0.15, -0.1) is 0 Å². The maximum absolute atomic E-state index is 12.0. The molecule has 37 heavy (non-hydrogen) atoms. The molecule has 192 valence electrons. The SMILES string of the molecule is C=CC(=O)N1CC[C@H](N2CC(c3cc(C#N)c4c(c3)Nc3nccc(N5CCOCC5)c3[C@H](C)O4)C2)C1. The molecule has 2 aromatic rings. The van der Waals surface area contributed by atoms with E-state index >= 15 is 0 Å². The van der Waals surface area contributed by atoms with Crippen LogP contribution >= 0.6 is 0 Å². The average molecular weight is 501 g/mol. The van der Waals surface area contributed by atoms with Gasteiger partial charge in [-0.3, -0.25) is 9.69 Å². The number of nitrogens with one attached hydrogen (secondary N) is 1. The van der Waals surface area contributed by atoms with E-state index in [-0.39, 0.29) is 12.0 Å². The number of carbonyl (C=O) groups is 1. The van der Waals surface area contributed by atoms with Gasteiger partial charge in [-0.1, -0.05) is 6.58 Å². The summed E-state index contributed by atoms with van der Waals surface area (Å²) in [5.74, 6) is 1.69. The second kappa shape index (κ2) is 9.69. The number of nitriles is 1. The molecule has 0 bridgehead atoms. The molecule has 9 heteroatoms. The number of nitrogens with zero attached hydrogens (tertiary/aromatic N) is 5. The molecule has 1 aromatic heterocycles. The minimum atomic E-state index is -0.268. The van der Waals surface area contributed by atoms with E-state index in [0.717, 1.165) is 74.0 Å². The molecule has 4 aliphatic rings. The van der Waals surface area contributed by atoms with Crippen molar-refractivity contribution in [1.29, 1.82) is 5.26 Å². The standard InChI is InChI=1S/C28H32N6O3/c1-3-25(35)33-7-5-22(17-33)34-15-21(16-34)19-12-20(14-29)27-23(13-19)31-28-26(18(2)37-27)24(4-6-30-28)32-8-10-36-11-9-32/h3-4,6,12-13,18,21-22H,1,5,7-11,15-17H2,2H3,(H,30,31)/t18-,22-/m0/s1. The Balaban J connectivity index is 1.24. The van der Waals surface area contributed by atoms with Crippen molar-refractivity contribution in [1.82, 2.24) is 14.8 Å². The van der Waals surface area contributed by atoms with Gasteiger partial charge in [0.2, 0.25) is 5.91 Å². The van der Waals surface area contributed by atoms with Gasteiger partial charge >= 0.3 is 0 Å². The number of likely N-dealkylation sites (tertiary alicyclic amines) is 2. The molecule has 1 N–H and O–H groups in total. The quantitative estimate of drug-likeness (QED) is 0.640. The van der Waals surface area contributed by atoms with E-state index in [0.29, 0.717) is 36.5 Å². The zero-order valence-electron chi connectivity index (χ0n) is 21.2. The normalized spacial score (nSPS) is 23.6. The summed E-state index contributed by atoms with van der Waals surface area (Å²) in [6.07, 6.45) is 3.94. The van der Waals surface area contributed by atoms with Crippen molar-refractivity contribution in [2.24, 2.45) is 0 Å². The highest BCUT2D eigenvalue weighted by atomic mass is 16.5. The number of ether oxygens (including phenoxy) is 2. The zero-order chi connectivity index (χ0) is 25.5. The highest BCUT2D eigenvalue weighted by Crippen LogP contribution is 2.45. The number of amides is 1. The third-order valence-electron chi connectivity index (χ3n) is 8.05. The van der Waals surface area contributed by atoms with Gasteiger partial charge in [0.15, 0.2) is 5.75 Å². The van der Waals surface area contributed by atoms with Crippen LogP contribution in [0.4, 0.5) is 17.2 Å². The molecule has 1 amide bonds. The molecule has 5 heterocycles. The lowest BCUT2D eigenvalue weighted by molar-refractivity contribution is -0.125. The number of anilines is 3. The first-order chi connectivity index (χ1) is 18.1. The fourth-order valence-corrected chi connectivity index (χ4v) is 5.99. The molecule has 0 unspecified atom stereocenters. The maximum Gasteiger partial charge on any atom is 0.246 e. The lowest BCUT2D eigenvalue weighted by Gasteiger charge is -2.43. The van der Waals surface area contributed by atoms with Crippen LogP contribution in [0.3, 0.4) is 0 Å². The maximum atomic E-state index is 12.0. The van der Waals surface area contributed by atoms with Crippen molar-refractivity contribution < 1.29 is 14.3 Å². The second-order valence-electron chi connectivity index (χ2n) is 10.2. The van der Waals surface area contributed by atoms with E-state index in [1.165, 1.54) is 6.08 Å². The van der Waals surface area contributed by atoms with Crippen molar-refractivity contribution in [2.45, 2.75) is 31.4 Å². The number of hydrogen-bond donors (Lipinski definition) is 1. The van der Waals surface area contributed by atoms with E-state index in [9.17, 15) is 10.1 Å². The van der Waals surface area contributed by atoms with E-state index in [1.54, 1.807) is 0 Å². The lowest BCUT2D eigenvalue weighted by Crippen LogP contribution is -2.51. The molecule has 0 radical (unpaired) electrons. The summed E-state index contributed by atoms with van der Waals surface area (Å²) in [7, 11) is 0. The van der Waals surface area contributed by atoms with Crippen molar-refractivity contribution in [3.05, 3.63) is 53.7 Å². The van der Waals surface area contributed by atoms with Crippen LogP contribution in [0.5, 0.6) is 5.75 Å². The molecule has 6 rings (SSSR count). The number of fused-ring (bicyclic) bond motifs is 2.